The highest BCUT2D eigenvalue weighted by Crippen LogP contribution is 2.19. The van der Waals surface area contributed by atoms with Crippen LogP contribution in [0.1, 0.15) is 29.5 Å². The van der Waals surface area contributed by atoms with Crippen molar-refractivity contribution in [3.8, 4) is 0 Å². The molecule has 0 aliphatic carbocycles. The highest BCUT2D eigenvalue weighted by molar-refractivity contribution is 7.09. The first kappa shape index (κ1) is 12.2. The minimum Gasteiger partial charge on any atom is -0.311 e. The van der Waals surface area contributed by atoms with Crippen LogP contribution in [0, 0.1) is 6.92 Å². The Morgan fingerprint density at radius 3 is 2.94 bits per heavy atom. The number of nitrogens with zero attached hydrogens (tertiary/aromatic N) is 4. The molecule has 1 N–H and O–H groups in total. The lowest BCUT2D eigenvalue weighted by Gasteiger charge is -2.13. The van der Waals surface area contributed by atoms with E-state index in [1.807, 2.05) is 18.7 Å². The number of likely N-dealkylation sites (N-methyl/N-ethyl adjacent to an activating group) is 1. The first-order valence-corrected chi connectivity index (χ1v) is 6.58. The van der Waals surface area contributed by atoms with Crippen LogP contribution in [-0.4, -0.2) is 26.8 Å². The van der Waals surface area contributed by atoms with E-state index in [9.17, 15) is 0 Å². The monoisotopic (exact) mass is 251 g/mol. The molecule has 2 aromatic rings. The van der Waals surface area contributed by atoms with Crippen LogP contribution in [0.4, 0.5) is 0 Å². The molecule has 0 radical (unpaired) electrons. The van der Waals surface area contributed by atoms with E-state index in [1.165, 1.54) is 0 Å². The zero-order valence-corrected chi connectivity index (χ0v) is 11.2. The minimum atomic E-state index is 0.203. The van der Waals surface area contributed by atoms with Gasteiger partial charge in [0.25, 0.3) is 0 Å². The number of hydrogen-bond donors (Lipinski definition) is 1. The molecule has 1 atom stereocenters. The van der Waals surface area contributed by atoms with Gasteiger partial charge >= 0.3 is 0 Å². The summed E-state index contributed by atoms with van der Waals surface area (Å²) >= 11 is 1.68. The summed E-state index contributed by atoms with van der Waals surface area (Å²) < 4.78 is 1.92. The molecule has 0 amide bonds. The van der Waals surface area contributed by atoms with Gasteiger partial charge < -0.3 is 5.32 Å². The SMILES string of the molecule is CCn1ncnc1CC(NC)c1csc(C)n1. The molecular weight excluding hydrogens is 234 g/mol. The summed E-state index contributed by atoms with van der Waals surface area (Å²) in [6.45, 7) is 4.94. The maximum absolute atomic E-state index is 4.52. The summed E-state index contributed by atoms with van der Waals surface area (Å²) in [5, 5.41) is 10.7. The molecule has 0 aromatic carbocycles. The predicted octanol–water partition coefficient (Wildman–Crippen LogP) is 1.57. The first-order chi connectivity index (χ1) is 8.24. The van der Waals surface area contributed by atoms with Crippen molar-refractivity contribution in [1.29, 1.82) is 0 Å². The molecule has 2 rings (SSSR count). The number of aryl methyl sites for hydroxylation is 2. The van der Waals surface area contributed by atoms with Crippen molar-refractivity contribution >= 4 is 11.3 Å². The molecule has 5 nitrogen and oxygen atoms in total. The Bertz CT molecular complexity index is 476. The fourth-order valence-electron chi connectivity index (χ4n) is 1.79. The third-order valence-corrected chi connectivity index (χ3v) is 3.52. The topological polar surface area (TPSA) is 55.6 Å². The maximum Gasteiger partial charge on any atom is 0.138 e. The van der Waals surface area contributed by atoms with E-state index in [0.29, 0.717) is 0 Å². The number of nitrogens with one attached hydrogen (secondary N) is 1. The molecule has 2 heterocycles. The van der Waals surface area contributed by atoms with E-state index in [-0.39, 0.29) is 6.04 Å². The summed E-state index contributed by atoms with van der Waals surface area (Å²) in [4.78, 5) is 8.81. The summed E-state index contributed by atoms with van der Waals surface area (Å²) in [5.74, 6) is 0.998. The van der Waals surface area contributed by atoms with Gasteiger partial charge in [-0.1, -0.05) is 0 Å². The van der Waals surface area contributed by atoms with Crippen LogP contribution in [0.5, 0.6) is 0 Å². The van der Waals surface area contributed by atoms with Crippen molar-refractivity contribution in [1.82, 2.24) is 25.1 Å². The largest absolute Gasteiger partial charge is 0.311 e. The van der Waals surface area contributed by atoms with E-state index < -0.39 is 0 Å². The zero-order chi connectivity index (χ0) is 12.3. The van der Waals surface area contributed by atoms with Crippen molar-refractivity contribution in [2.45, 2.75) is 32.9 Å². The number of hydrogen-bond acceptors (Lipinski definition) is 5. The third-order valence-electron chi connectivity index (χ3n) is 2.72. The Morgan fingerprint density at radius 2 is 2.35 bits per heavy atom. The van der Waals surface area contributed by atoms with Crippen molar-refractivity contribution in [3.63, 3.8) is 0 Å². The normalized spacial score (nSPS) is 12.9. The summed E-state index contributed by atoms with van der Waals surface area (Å²) in [5.41, 5.74) is 1.08. The van der Waals surface area contributed by atoms with Crippen molar-refractivity contribution in [2.24, 2.45) is 0 Å². The van der Waals surface area contributed by atoms with Gasteiger partial charge in [-0.25, -0.2) is 9.97 Å². The van der Waals surface area contributed by atoms with Gasteiger partial charge in [-0.3, -0.25) is 4.68 Å². The van der Waals surface area contributed by atoms with Crippen molar-refractivity contribution < 1.29 is 0 Å². The summed E-state index contributed by atoms with van der Waals surface area (Å²) in [6.07, 6.45) is 2.42. The zero-order valence-electron chi connectivity index (χ0n) is 10.3. The van der Waals surface area contributed by atoms with E-state index in [0.717, 1.165) is 29.5 Å². The highest BCUT2D eigenvalue weighted by atomic mass is 32.1. The lowest BCUT2D eigenvalue weighted by Crippen LogP contribution is -2.21. The number of rotatable bonds is 5. The average Bonchev–Trinajstić information content (AvgIpc) is 2.94. The molecule has 17 heavy (non-hydrogen) atoms. The Hall–Kier alpha value is -1.27. The van der Waals surface area contributed by atoms with E-state index in [1.54, 1.807) is 17.7 Å². The quantitative estimate of drug-likeness (QED) is 0.876. The Morgan fingerprint density at radius 1 is 1.53 bits per heavy atom. The molecule has 0 aliphatic heterocycles. The van der Waals surface area contributed by atoms with Crippen LogP contribution in [0.2, 0.25) is 0 Å². The Balaban J connectivity index is 2.15. The number of aromatic nitrogens is 4. The van der Waals surface area contributed by atoms with Crippen LogP contribution in [0.25, 0.3) is 0 Å². The molecule has 0 bridgehead atoms. The van der Waals surface area contributed by atoms with Gasteiger partial charge in [0.1, 0.15) is 12.2 Å². The lowest BCUT2D eigenvalue weighted by molar-refractivity contribution is 0.526. The first-order valence-electron chi connectivity index (χ1n) is 5.70. The predicted molar refractivity (Wildman–Crippen MR) is 68.1 cm³/mol. The van der Waals surface area contributed by atoms with E-state index in [2.05, 4.69) is 32.7 Å². The molecule has 6 heteroatoms. The molecular formula is C11H17N5S. The van der Waals surface area contributed by atoms with Gasteiger partial charge in [0.05, 0.1) is 16.7 Å². The molecule has 0 fully saturated rings. The standard InChI is InChI=1S/C11H17N5S/c1-4-16-11(13-7-14-16)5-9(12-3)10-6-17-8(2)15-10/h6-7,9,12H,4-5H2,1-3H3. The molecule has 0 saturated carbocycles. The van der Waals surface area contributed by atoms with Crippen LogP contribution in [-0.2, 0) is 13.0 Å². The molecule has 0 saturated heterocycles. The van der Waals surface area contributed by atoms with Gasteiger partial charge in [0.2, 0.25) is 0 Å². The minimum absolute atomic E-state index is 0.203. The van der Waals surface area contributed by atoms with E-state index in [4.69, 9.17) is 0 Å². The average molecular weight is 251 g/mol. The third kappa shape index (κ3) is 2.70. The van der Waals surface area contributed by atoms with Gasteiger partial charge in [-0.05, 0) is 20.9 Å². The summed E-state index contributed by atoms with van der Waals surface area (Å²) in [7, 11) is 1.95. The number of thiazole rings is 1. The fraction of sp³-hybridized carbons (Fsp3) is 0.545. The van der Waals surface area contributed by atoms with E-state index >= 15 is 0 Å². The molecule has 0 aliphatic rings. The smallest absolute Gasteiger partial charge is 0.138 e. The second kappa shape index (κ2) is 5.37. The van der Waals surface area contributed by atoms with Gasteiger partial charge in [0, 0.05) is 18.3 Å². The van der Waals surface area contributed by atoms with Crippen LogP contribution >= 0.6 is 11.3 Å². The fourth-order valence-corrected chi connectivity index (χ4v) is 2.45. The maximum atomic E-state index is 4.52. The van der Waals surface area contributed by atoms with Gasteiger partial charge in [-0.15, -0.1) is 11.3 Å². The van der Waals surface area contributed by atoms with Crippen LogP contribution in [0.15, 0.2) is 11.7 Å². The Kier molecular flexibility index (Phi) is 3.86. The lowest BCUT2D eigenvalue weighted by atomic mass is 10.1. The van der Waals surface area contributed by atoms with Gasteiger partial charge in [0.15, 0.2) is 0 Å². The molecule has 0 spiro atoms. The Labute approximate surface area is 105 Å². The van der Waals surface area contributed by atoms with Crippen molar-refractivity contribution in [2.75, 3.05) is 7.05 Å². The van der Waals surface area contributed by atoms with Gasteiger partial charge in [-0.2, -0.15) is 5.10 Å². The second-order valence-electron chi connectivity index (χ2n) is 3.83. The summed E-state index contributed by atoms with van der Waals surface area (Å²) in [6, 6.07) is 0.203. The molecule has 1 unspecified atom stereocenters. The van der Waals surface area contributed by atoms with Crippen molar-refractivity contribution in [3.05, 3.63) is 28.2 Å². The molecule has 2 aromatic heterocycles. The highest BCUT2D eigenvalue weighted by Gasteiger charge is 2.16. The second-order valence-corrected chi connectivity index (χ2v) is 4.89. The molecule has 92 valence electrons. The van der Waals surface area contributed by atoms with Crippen LogP contribution in [0.3, 0.4) is 0 Å². The van der Waals surface area contributed by atoms with Crippen LogP contribution < -0.4 is 5.32 Å².